The van der Waals surface area contributed by atoms with Crippen molar-refractivity contribution in [2.24, 2.45) is 0 Å². The summed E-state index contributed by atoms with van der Waals surface area (Å²) in [4.78, 5) is 22.1. The van der Waals surface area contributed by atoms with E-state index in [1.165, 1.54) is 24.3 Å². The van der Waals surface area contributed by atoms with Gasteiger partial charge >= 0.3 is 5.97 Å². The van der Waals surface area contributed by atoms with E-state index in [4.69, 9.17) is 16.7 Å². The zero-order valence-electron chi connectivity index (χ0n) is 11.5. The Hall–Kier alpha value is -1.71. The molecular weight excluding hydrogens is 339 g/mol. The first-order chi connectivity index (χ1) is 10.2. The number of likely N-dealkylation sites (N-methyl/N-ethyl adjacent to an activating group) is 1. The van der Waals surface area contributed by atoms with Crippen LogP contribution in [0.4, 0.5) is 4.39 Å². The highest BCUT2D eigenvalue weighted by molar-refractivity contribution is 7.89. The van der Waals surface area contributed by atoms with Crippen LogP contribution in [0.25, 0.3) is 0 Å². The first kappa shape index (κ1) is 18.3. The maximum atomic E-state index is 12.4. The van der Waals surface area contributed by atoms with Crippen LogP contribution in [0.5, 0.6) is 0 Å². The molecule has 0 radical (unpaired) electrons. The summed E-state index contributed by atoms with van der Waals surface area (Å²) in [6.07, 6.45) is 0. The van der Waals surface area contributed by atoms with Crippen molar-refractivity contribution in [1.82, 2.24) is 9.62 Å². The summed E-state index contributed by atoms with van der Waals surface area (Å²) in [7, 11) is -2.79. The van der Waals surface area contributed by atoms with Crippen LogP contribution in [-0.4, -0.2) is 56.0 Å². The third-order valence-electron chi connectivity index (χ3n) is 2.68. The Morgan fingerprint density at radius 1 is 1.36 bits per heavy atom. The van der Waals surface area contributed by atoms with Crippen molar-refractivity contribution in [3.05, 3.63) is 29.3 Å². The molecule has 0 saturated carbocycles. The Morgan fingerprint density at radius 3 is 2.36 bits per heavy atom. The summed E-state index contributed by atoms with van der Waals surface area (Å²) in [6, 6.07) is 3.60. The molecule has 1 atom stereocenters. The number of carboxylic acids is 1. The Morgan fingerprint density at radius 2 is 1.91 bits per heavy atom. The third kappa shape index (κ3) is 4.65. The van der Waals surface area contributed by atoms with E-state index in [1.807, 2.05) is 5.32 Å². The van der Waals surface area contributed by atoms with Gasteiger partial charge in [0.2, 0.25) is 15.9 Å². The number of carboxylic acid groups (broad SMARTS) is 1. The minimum Gasteiger partial charge on any atom is -0.480 e. The van der Waals surface area contributed by atoms with E-state index in [0.29, 0.717) is 5.02 Å². The molecule has 0 saturated heterocycles. The van der Waals surface area contributed by atoms with Crippen LogP contribution in [0.15, 0.2) is 29.2 Å². The molecule has 2 N–H and O–H groups in total. The van der Waals surface area contributed by atoms with Gasteiger partial charge in [0, 0.05) is 12.1 Å². The zero-order valence-corrected chi connectivity index (χ0v) is 13.1. The average molecular weight is 353 g/mol. The number of sulfonamides is 1. The number of hydrogen-bond acceptors (Lipinski definition) is 4. The molecule has 1 unspecified atom stereocenters. The molecule has 0 aliphatic carbocycles. The molecule has 0 fully saturated rings. The van der Waals surface area contributed by atoms with Crippen molar-refractivity contribution in [3.63, 3.8) is 0 Å². The molecule has 1 rings (SSSR count). The number of hydrogen-bond donors (Lipinski definition) is 2. The van der Waals surface area contributed by atoms with Crippen molar-refractivity contribution in [2.45, 2.75) is 10.9 Å². The van der Waals surface area contributed by atoms with Gasteiger partial charge < -0.3 is 10.4 Å². The van der Waals surface area contributed by atoms with E-state index in [1.54, 1.807) is 0 Å². The van der Waals surface area contributed by atoms with Gasteiger partial charge in [-0.15, -0.1) is 0 Å². The second-order valence-corrected chi connectivity index (χ2v) is 6.81. The first-order valence-corrected chi connectivity index (χ1v) is 7.80. The van der Waals surface area contributed by atoms with Gasteiger partial charge in [-0.1, -0.05) is 11.6 Å². The van der Waals surface area contributed by atoms with Crippen molar-refractivity contribution in [1.29, 1.82) is 0 Å². The van der Waals surface area contributed by atoms with Crippen LogP contribution in [0.3, 0.4) is 0 Å². The number of carbonyl (C=O) groups is 2. The minimum absolute atomic E-state index is 0.0764. The molecule has 0 aliphatic heterocycles. The van der Waals surface area contributed by atoms with Gasteiger partial charge in [-0.25, -0.2) is 17.6 Å². The molecular formula is C12H14ClFN2O5S. The standard InChI is InChI=1S/C12H14ClFN2O5S/c1-16(7-11(17)15-10(6-14)12(18)19)22(20,21)9-4-2-8(13)3-5-9/h2-5,10H,6-7H2,1H3,(H,15,17)(H,18,19). The predicted molar refractivity (Wildman–Crippen MR) is 76.8 cm³/mol. The number of benzene rings is 1. The second-order valence-electron chi connectivity index (χ2n) is 4.33. The Bertz CT molecular complexity index is 650. The smallest absolute Gasteiger partial charge is 0.328 e. The maximum Gasteiger partial charge on any atom is 0.328 e. The van der Waals surface area contributed by atoms with Crippen LogP contribution in [-0.2, 0) is 19.6 Å². The summed E-state index contributed by atoms with van der Waals surface area (Å²) in [5, 5.41) is 10.9. The summed E-state index contributed by atoms with van der Waals surface area (Å²) in [6.45, 7) is -1.94. The molecule has 122 valence electrons. The van der Waals surface area contributed by atoms with Gasteiger partial charge in [0.05, 0.1) is 11.4 Å². The Kier molecular flexibility index (Phi) is 6.27. The highest BCUT2D eigenvalue weighted by Gasteiger charge is 2.25. The molecule has 0 bridgehead atoms. The number of amides is 1. The first-order valence-electron chi connectivity index (χ1n) is 5.98. The number of halogens is 2. The molecule has 1 amide bonds. The molecule has 0 aliphatic rings. The fraction of sp³-hybridized carbons (Fsp3) is 0.333. The lowest BCUT2D eigenvalue weighted by atomic mass is 10.3. The highest BCUT2D eigenvalue weighted by Crippen LogP contribution is 2.17. The van der Waals surface area contributed by atoms with E-state index < -0.39 is 41.2 Å². The lowest BCUT2D eigenvalue weighted by Crippen LogP contribution is -2.47. The topological polar surface area (TPSA) is 104 Å². The van der Waals surface area contributed by atoms with Gasteiger partial charge in [-0.05, 0) is 24.3 Å². The average Bonchev–Trinajstić information content (AvgIpc) is 2.44. The number of carbonyl (C=O) groups excluding carboxylic acids is 1. The quantitative estimate of drug-likeness (QED) is 0.743. The highest BCUT2D eigenvalue weighted by atomic mass is 35.5. The number of rotatable bonds is 7. The van der Waals surface area contributed by atoms with Crippen LogP contribution >= 0.6 is 11.6 Å². The van der Waals surface area contributed by atoms with E-state index in [-0.39, 0.29) is 4.90 Å². The van der Waals surface area contributed by atoms with Crippen molar-refractivity contribution in [2.75, 3.05) is 20.3 Å². The molecule has 7 nitrogen and oxygen atoms in total. The largest absolute Gasteiger partial charge is 0.480 e. The molecule has 1 aromatic carbocycles. The zero-order chi connectivity index (χ0) is 16.9. The molecule has 22 heavy (non-hydrogen) atoms. The fourth-order valence-corrected chi connectivity index (χ4v) is 2.73. The van der Waals surface area contributed by atoms with Crippen LogP contribution in [0.1, 0.15) is 0 Å². The normalized spacial score (nSPS) is 12.9. The van der Waals surface area contributed by atoms with Crippen LogP contribution < -0.4 is 5.32 Å². The van der Waals surface area contributed by atoms with Gasteiger partial charge in [-0.2, -0.15) is 4.31 Å². The Labute approximate surface area is 131 Å². The molecule has 10 heteroatoms. The summed E-state index contributed by atoms with van der Waals surface area (Å²) in [5.41, 5.74) is 0. The van der Waals surface area contributed by atoms with Crippen molar-refractivity contribution >= 4 is 33.5 Å². The van der Waals surface area contributed by atoms with Crippen LogP contribution in [0.2, 0.25) is 5.02 Å². The summed E-state index contributed by atoms with van der Waals surface area (Å²) in [5.74, 6) is -2.47. The van der Waals surface area contributed by atoms with Gasteiger partial charge in [0.25, 0.3) is 0 Å². The van der Waals surface area contributed by atoms with Gasteiger partial charge in [0.15, 0.2) is 6.04 Å². The van der Waals surface area contributed by atoms with Crippen molar-refractivity contribution in [3.8, 4) is 0 Å². The predicted octanol–water partition coefficient (Wildman–Crippen LogP) is 0.499. The van der Waals surface area contributed by atoms with Crippen molar-refractivity contribution < 1.29 is 27.5 Å². The van der Waals surface area contributed by atoms with E-state index in [9.17, 15) is 22.4 Å². The van der Waals surface area contributed by atoms with Gasteiger partial charge in [-0.3, -0.25) is 4.79 Å². The van der Waals surface area contributed by atoms with Crippen LogP contribution in [0, 0.1) is 0 Å². The second kappa shape index (κ2) is 7.52. The molecule has 0 heterocycles. The van der Waals surface area contributed by atoms with Gasteiger partial charge in [0.1, 0.15) is 6.67 Å². The summed E-state index contributed by atoms with van der Waals surface area (Å²) >= 11 is 5.66. The molecule has 0 aromatic heterocycles. The lowest BCUT2D eigenvalue weighted by Gasteiger charge is -2.18. The summed E-state index contributed by atoms with van der Waals surface area (Å²) < 4.78 is 37.5. The third-order valence-corrected chi connectivity index (χ3v) is 4.75. The number of aliphatic carboxylic acids is 1. The number of alkyl halides is 1. The van der Waals surface area contributed by atoms with E-state index in [0.717, 1.165) is 11.4 Å². The molecule has 1 aromatic rings. The van der Waals surface area contributed by atoms with E-state index in [2.05, 4.69) is 0 Å². The monoisotopic (exact) mass is 352 g/mol. The van der Waals surface area contributed by atoms with E-state index >= 15 is 0 Å². The minimum atomic E-state index is -3.94. The molecule has 0 spiro atoms. The fourth-order valence-electron chi connectivity index (χ4n) is 1.48. The maximum absolute atomic E-state index is 12.4. The number of nitrogens with one attached hydrogen (secondary N) is 1. The number of nitrogens with zero attached hydrogens (tertiary/aromatic N) is 1. The Balaban J connectivity index is 2.79. The SMILES string of the molecule is CN(CC(=O)NC(CF)C(=O)O)S(=O)(=O)c1ccc(Cl)cc1. The lowest BCUT2D eigenvalue weighted by molar-refractivity contribution is -0.142.